The third-order valence-electron chi connectivity index (χ3n) is 3.44. The summed E-state index contributed by atoms with van der Waals surface area (Å²) in [7, 11) is 1.79. The number of carbonyl (C=O) groups is 2. The van der Waals surface area contributed by atoms with Gasteiger partial charge in [0.15, 0.2) is 0 Å². The molecule has 2 amide bonds. The molecule has 0 saturated heterocycles. The summed E-state index contributed by atoms with van der Waals surface area (Å²) in [6.07, 6.45) is 1.07. The Morgan fingerprint density at radius 1 is 1.08 bits per heavy atom. The van der Waals surface area contributed by atoms with E-state index < -0.39 is 0 Å². The smallest absolute Gasteiger partial charge is 0.253 e. The highest BCUT2D eigenvalue weighted by molar-refractivity contribution is 5.99. The predicted octanol–water partition coefficient (Wildman–Crippen LogP) is 2.53. The Morgan fingerprint density at radius 3 is 2.38 bits per heavy atom. The molecular weight excluding hydrogens is 302 g/mol. The molecule has 134 valence electrons. The zero-order chi connectivity index (χ0) is 18.2. The average molecular weight is 333 g/mol. The third kappa shape index (κ3) is 7.13. The van der Waals surface area contributed by atoms with Gasteiger partial charge in [0, 0.05) is 37.8 Å². The van der Waals surface area contributed by atoms with E-state index >= 15 is 0 Å². The Kier molecular flexibility index (Phi) is 7.92. The van der Waals surface area contributed by atoms with Gasteiger partial charge in [0.25, 0.3) is 11.8 Å². The second-order valence-electron chi connectivity index (χ2n) is 7.31. The lowest BCUT2D eigenvalue weighted by molar-refractivity contribution is 0.0745. The van der Waals surface area contributed by atoms with E-state index in [4.69, 9.17) is 0 Å². The SMILES string of the molecule is CCCNCCNC(=O)c1cccc(C(=O)N(C)CC(C)(C)C)c1. The first-order chi connectivity index (χ1) is 11.2. The third-order valence-corrected chi connectivity index (χ3v) is 3.44. The summed E-state index contributed by atoms with van der Waals surface area (Å²) in [5, 5.41) is 6.10. The fraction of sp³-hybridized carbons (Fsp3) is 0.579. The quantitative estimate of drug-likeness (QED) is 0.719. The molecule has 1 rings (SSSR count). The van der Waals surface area contributed by atoms with Gasteiger partial charge >= 0.3 is 0 Å². The number of carbonyl (C=O) groups excluding carboxylic acids is 2. The van der Waals surface area contributed by atoms with Crippen LogP contribution < -0.4 is 10.6 Å². The highest BCUT2D eigenvalue weighted by Gasteiger charge is 2.19. The first-order valence-corrected chi connectivity index (χ1v) is 8.59. The largest absolute Gasteiger partial charge is 0.351 e. The number of hydrogen-bond donors (Lipinski definition) is 2. The maximum absolute atomic E-state index is 12.5. The van der Waals surface area contributed by atoms with E-state index in [1.165, 1.54) is 0 Å². The summed E-state index contributed by atoms with van der Waals surface area (Å²) in [4.78, 5) is 26.4. The Balaban J connectivity index is 2.65. The molecule has 0 atom stereocenters. The Labute approximate surface area is 145 Å². The highest BCUT2D eigenvalue weighted by atomic mass is 16.2. The van der Waals surface area contributed by atoms with Crippen LogP contribution in [0.15, 0.2) is 24.3 Å². The minimum absolute atomic E-state index is 0.0326. The normalized spacial score (nSPS) is 11.2. The molecule has 24 heavy (non-hydrogen) atoms. The summed E-state index contributed by atoms with van der Waals surface area (Å²) in [5.41, 5.74) is 1.09. The maximum Gasteiger partial charge on any atom is 0.253 e. The van der Waals surface area contributed by atoms with Crippen molar-refractivity contribution in [2.45, 2.75) is 34.1 Å². The number of benzene rings is 1. The van der Waals surface area contributed by atoms with Crippen molar-refractivity contribution >= 4 is 11.8 Å². The van der Waals surface area contributed by atoms with Crippen molar-refractivity contribution in [1.82, 2.24) is 15.5 Å². The average Bonchev–Trinajstić information content (AvgIpc) is 2.52. The number of rotatable bonds is 8. The predicted molar refractivity (Wildman–Crippen MR) is 98.4 cm³/mol. The van der Waals surface area contributed by atoms with Gasteiger partial charge in [-0.3, -0.25) is 9.59 Å². The molecule has 1 aromatic carbocycles. The summed E-state index contributed by atoms with van der Waals surface area (Å²) in [6.45, 7) is 11.3. The fourth-order valence-electron chi connectivity index (χ4n) is 2.47. The summed E-state index contributed by atoms with van der Waals surface area (Å²) < 4.78 is 0. The molecule has 0 radical (unpaired) electrons. The summed E-state index contributed by atoms with van der Waals surface area (Å²) >= 11 is 0. The maximum atomic E-state index is 12.5. The molecule has 1 aromatic rings. The van der Waals surface area contributed by atoms with E-state index in [0.29, 0.717) is 24.2 Å². The zero-order valence-electron chi connectivity index (χ0n) is 15.6. The molecule has 0 aromatic heterocycles. The number of amides is 2. The van der Waals surface area contributed by atoms with E-state index in [-0.39, 0.29) is 17.2 Å². The van der Waals surface area contributed by atoms with Crippen LogP contribution in [0.25, 0.3) is 0 Å². The lowest BCUT2D eigenvalue weighted by atomic mass is 9.96. The van der Waals surface area contributed by atoms with E-state index in [2.05, 4.69) is 38.3 Å². The lowest BCUT2D eigenvalue weighted by Gasteiger charge is -2.26. The molecule has 0 spiro atoms. The Morgan fingerprint density at radius 2 is 1.75 bits per heavy atom. The van der Waals surface area contributed by atoms with E-state index in [1.54, 1.807) is 36.2 Å². The van der Waals surface area contributed by atoms with E-state index in [0.717, 1.165) is 19.5 Å². The van der Waals surface area contributed by atoms with Gasteiger partial charge < -0.3 is 15.5 Å². The van der Waals surface area contributed by atoms with Crippen molar-refractivity contribution in [2.24, 2.45) is 5.41 Å². The van der Waals surface area contributed by atoms with Gasteiger partial charge in [0.1, 0.15) is 0 Å². The minimum Gasteiger partial charge on any atom is -0.351 e. The van der Waals surface area contributed by atoms with Gasteiger partial charge in [-0.2, -0.15) is 0 Å². The number of hydrogen-bond acceptors (Lipinski definition) is 3. The van der Waals surface area contributed by atoms with Crippen LogP contribution in [0.2, 0.25) is 0 Å². The molecule has 0 bridgehead atoms. The molecule has 0 aliphatic rings. The molecular formula is C19H31N3O2. The van der Waals surface area contributed by atoms with Crippen LogP contribution in [0, 0.1) is 5.41 Å². The van der Waals surface area contributed by atoms with Crippen LogP contribution in [0.4, 0.5) is 0 Å². The molecule has 0 unspecified atom stereocenters. The number of nitrogens with one attached hydrogen (secondary N) is 2. The van der Waals surface area contributed by atoms with Crippen molar-refractivity contribution in [2.75, 3.05) is 33.2 Å². The second kappa shape index (κ2) is 9.42. The van der Waals surface area contributed by atoms with Gasteiger partial charge in [-0.05, 0) is 36.6 Å². The van der Waals surface area contributed by atoms with Crippen molar-refractivity contribution in [3.05, 3.63) is 35.4 Å². The van der Waals surface area contributed by atoms with Gasteiger partial charge in [-0.15, -0.1) is 0 Å². The van der Waals surface area contributed by atoms with Crippen LogP contribution >= 0.6 is 0 Å². The van der Waals surface area contributed by atoms with Crippen LogP contribution in [-0.4, -0.2) is 49.9 Å². The summed E-state index contributed by atoms with van der Waals surface area (Å²) in [5.74, 6) is -0.217. The molecule has 0 fully saturated rings. The number of nitrogens with zero attached hydrogens (tertiary/aromatic N) is 1. The molecule has 0 heterocycles. The Bertz CT molecular complexity index is 550. The van der Waals surface area contributed by atoms with Crippen molar-refractivity contribution in [3.63, 3.8) is 0 Å². The van der Waals surface area contributed by atoms with Gasteiger partial charge in [0.2, 0.25) is 0 Å². The second-order valence-corrected chi connectivity index (χ2v) is 7.31. The van der Waals surface area contributed by atoms with Gasteiger partial charge in [-0.1, -0.05) is 33.8 Å². The van der Waals surface area contributed by atoms with Crippen LogP contribution in [0.3, 0.4) is 0 Å². The minimum atomic E-state index is -0.151. The van der Waals surface area contributed by atoms with Crippen molar-refractivity contribution in [1.29, 1.82) is 0 Å². The summed E-state index contributed by atoms with van der Waals surface area (Å²) in [6, 6.07) is 6.90. The van der Waals surface area contributed by atoms with Crippen LogP contribution in [0.1, 0.15) is 54.8 Å². The monoisotopic (exact) mass is 333 g/mol. The molecule has 0 aliphatic heterocycles. The standard InChI is InChI=1S/C19H31N3O2/c1-6-10-20-11-12-21-17(23)15-8-7-9-16(13-15)18(24)22(5)14-19(2,3)4/h7-9,13,20H,6,10-12,14H2,1-5H3,(H,21,23). The molecule has 2 N–H and O–H groups in total. The first kappa shape index (κ1) is 20.2. The highest BCUT2D eigenvalue weighted by Crippen LogP contribution is 2.16. The fourth-order valence-corrected chi connectivity index (χ4v) is 2.47. The van der Waals surface area contributed by atoms with Crippen LogP contribution in [0.5, 0.6) is 0 Å². The molecule has 0 saturated carbocycles. The molecule has 0 aliphatic carbocycles. The first-order valence-electron chi connectivity index (χ1n) is 8.59. The topological polar surface area (TPSA) is 61.4 Å². The lowest BCUT2D eigenvalue weighted by Crippen LogP contribution is -2.35. The van der Waals surface area contributed by atoms with E-state index in [9.17, 15) is 9.59 Å². The molecule has 5 nitrogen and oxygen atoms in total. The molecule has 5 heteroatoms. The van der Waals surface area contributed by atoms with Gasteiger partial charge in [0.05, 0.1) is 0 Å². The van der Waals surface area contributed by atoms with E-state index in [1.807, 2.05) is 0 Å². The van der Waals surface area contributed by atoms with Crippen molar-refractivity contribution in [3.8, 4) is 0 Å². The zero-order valence-corrected chi connectivity index (χ0v) is 15.6. The van der Waals surface area contributed by atoms with Crippen LogP contribution in [-0.2, 0) is 0 Å². The Hall–Kier alpha value is -1.88. The van der Waals surface area contributed by atoms with Crippen molar-refractivity contribution < 1.29 is 9.59 Å². The van der Waals surface area contributed by atoms with Gasteiger partial charge in [-0.25, -0.2) is 0 Å².